The molecule has 0 bridgehead atoms. The topological polar surface area (TPSA) is 45.7 Å². The van der Waals surface area contributed by atoms with E-state index in [2.05, 4.69) is 34.1 Å². The molecule has 2 saturated heterocycles. The number of carbonyl (C=O) groups is 1. The molecule has 0 unspecified atom stereocenters. The molecular formula is C21H25N3O2. The van der Waals surface area contributed by atoms with Crippen molar-refractivity contribution in [3.63, 3.8) is 0 Å². The molecule has 1 spiro atoms. The first kappa shape index (κ1) is 17.0. The molecule has 3 heterocycles. The number of carbonyl (C=O) groups excluding carboxylic acids is 1. The number of methoxy groups -OCH3 is 1. The maximum Gasteiger partial charge on any atom is 0.230 e. The lowest BCUT2D eigenvalue weighted by molar-refractivity contribution is -0.134. The van der Waals surface area contributed by atoms with Gasteiger partial charge in [0.15, 0.2) is 0 Å². The van der Waals surface area contributed by atoms with Crippen LogP contribution in [0.25, 0.3) is 0 Å². The Balaban J connectivity index is 1.59. The Morgan fingerprint density at radius 2 is 2.04 bits per heavy atom. The highest BCUT2D eigenvalue weighted by atomic mass is 16.5. The highest BCUT2D eigenvalue weighted by Crippen LogP contribution is 2.49. The lowest BCUT2D eigenvalue weighted by Gasteiger charge is -2.29. The van der Waals surface area contributed by atoms with Crippen molar-refractivity contribution in [1.29, 1.82) is 0 Å². The Labute approximate surface area is 154 Å². The molecule has 26 heavy (non-hydrogen) atoms. The summed E-state index contributed by atoms with van der Waals surface area (Å²) in [6.45, 7) is 3.26. The van der Waals surface area contributed by atoms with E-state index in [-0.39, 0.29) is 17.2 Å². The number of benzene rings is 1. The number of aromatic nitrogens is 1. The van der Waals surface area contributed by atoms with Crippen molar-refractivity contribution in [3.05, 3.63) is 59.8 Å². The van der Waals surface area contributed by atoms with Crippen LogP contribution in [0.3, 0.4) is 0 Å². The van der Waals surface area contributed by atoms with Gasteiger partial charge in [-0.1, -0.05) is 36.4 Å². The maximum absolute atomic E-state index is 13.1. The van der Waals surface area contributed by atoms with Crippen LogP contribution in [-0.4, -0.2) is 54.5 Å². The number of hydrogen-bond donors (Lipinski definition) is 0. The fraction of sp³-hybridized carbons (Fsp3) is 0.429. The molecule has 0 aliphatic carbocycles. The molecule has 4 rings (SSSR count). The van der Waals surface area contributed by atoms with Gasteiger partial charge in [0.05, 0.1) is 12.5 Å². The number of likely N-dealkylation sites (N-methyl/N-ethyl adjacent to an activating group) is 1. The van der Waals surface area contributed by atoms with Gasteiger partial charge in [-0.25, -0.2) is 4.98 Å². The summed E-state index contributed by atoms with van der Waals surface area (Å²) in [4.78, 5) is 21.7. The highest BCUT2D eigenvalue weighted by molar-refractivity contribution is 5.87. The number of rotatable bonds is 4. The van der Waals surface area contributed by atoms with Crippen molar-refractivity contribution in [2.45, 2.75) is 18.9 Å². The summed E-state index contributed by atoms with van der Waals surface area (Å²) in [6, 6.07) is 14.5. The molecule has 1 amide bonds. The van der Waals surface area contributed by atoms with E-state index < -0.39 is 0 Å². The smallest absolute Gasteiger partial charge is 0.230 e. The molecule has 0 N–H and O–H groups in total. The molecule has 2 aromatic rings. The van der Waals surface area contributed by atoms with Crippen LogP contribution in [-0.2, 0) is 11.3 Å². The summed E-state index contributed by atoms with van der Waals surface area (Å²) in [5.41, 5.74) is 2.03. The van der Waals surface area contributed by atoms with Gasteiger partial charge in [0.25, 0.3) is 0 Å². The second-order valence-corrected chi connectivity index (χ2v) is 7.44. The average Bonchev–Trinajstić information content (AvgIpc) is 3.20. The third-order valence-corrected chi connectivity index (χ3v) is 5.92. The maximum atomic E-state index is 13.1. The molecule has 2 aliphatic heterocycles. The fourth-order valence-corrected chi connectivity index (χ4v) is 4.65. The van der Waals surface area contributed by atoms with Crippen molar-refractivity contribution in [1.82, 2.24) is 14.8 Å². The van der Waals surface area contributed by atoms with Crippen LogP contribution in [0.4, 0.5) is 0 Å². The van der Waals surface area contributed by atoms with E-state index in [4.69, 9.17) is 4.74 Å². The van der Waals surface area contributed by atoms with Gasteiger partial charge in [0.1, 0.15) is 0 Å². The Morgan fingerprint density at radius 1 is 1.23 bits per heavy atom. The molecule has 2 fully saturated rings. The molecule has 1 aromatic heterocycles. The zero-order chi connectivity index (χ0) is 18.1. The van der Waals surface area contributed by atoms with Crippen molar-refractivity contribution in [3.8, 4) is 5.88 Å². The summed E-state index contributed by atoms with van der Waals surface area (Å²) in [7, 11) is 3.58. The fourth-order valence-electron chi connectivity index (χ4n) is 4.65. The van der Waals surface area contributed by atoms with Crippen LogP contribution >= 0.6 is 0 Å². The Kier molecular flexibility index (Phi) is 4.41. The molecule has 2 aliphatic rings. The lowest BCUT2D eigenvalue weighted by atomic mass is 9.73. The summed E-state index contributed by atoms with van der Waals surface area (Å²) < 4.78 is 5.39. The minimum Gasteiger partial charge on any atom is -0.481 e. The number of nitrogens with zero attached hydrogens (tertiary/aromatic N) is 3. The van der Waals surface area contributed by atoms with E-state index in [1.807, 2.05) is 30.1 Å². The Bertz CT molecular complexity index is 795. The van der Waals surface area contributed by atoms with Crippen LogP contribution in [0.2, 0.25) is 0 Å². The van der Waals surface area contributed by atoms with Gasteiger partial charge < -0.3 is 9.64 Å². The first-order chi connectivity index (χ1) is 12.6. The number of hydrogen-bond acceptors (Lipinski definition) is 4. The van der Waals surface area contributed by atoms with Crippen LogP contribution in [0.1, 0.15) is 23.5 Å². The van der Waals surface area contributed by atoms with E-state index in [9.17, 15) is 4.79 Å². The highest BCUT2D eigenvalue weighted by Gasteiger charge is 2.56. The molecule has 0 radical (unpaired) electrons. The summed E-state index contributed by atoms with van der Waals surface area (Å²) in [5, 5.41) is 0. The van der Waals surface area contributed by atoms with Crippen LogP contribution in [0.5, 0.6) is 5.88 Å². The standard InChI is InChI=1S/C21H25N3O2/c1-23-14-18(16-7-4-3-5-8-16)21(20(23)25)10-12-24(15-21)13-17-9-6-11-22-19(17)26-2/h3-9,11,18H,10,12-15H2,1-2H3/t18-,21+/m0/s1. The van der Waals surface area contributed by atoms with Gasteiger partial charge in [-0.3, -0.25) is 9.69 Å². The SMILES string of the molecule is COc1ncccc1CN1CC[C@]2(C1)C(=O)N(C)C[C@H]2c1ccccc1. The van der Waals surface area contributed by atoms with Gasteiger partial charge in [-0.05, 0) is 24.6 Å². The summed E-state index contributed by atoms with van der Waals surface area (Å²) in [6.07, 6.45) is 2.65. The summed E-state index contributed by atoms with van der Waals surface area (Å²) in [5.74, 6) is 1.21. The van der Waals surface area contributed by atoms with Crippen molar-refractivity contribution in [2.24, 2.45) is 5.41 Å². The molecule has 2 atom stereocenters. The zero-order valence-electron chi connectivity index (χ0n) is 15.4. The van der Waals surface area contributed by atoms with E-state index in [1.54, 1.807) is 13.3 Å². The van der Waals surface area contributed by atoms with Crippen LogP contribution in [0.15, 0.2) is 48.7 Å². The normalized spacial score (nSPS) is 26.0. The molecule has 5 heteroatoms. The van der Waals surface area contributed by atoms with Crippen LogP contribution < -0.4 is 4.74 Å². The first-order valence-electron chi connectivity index (χ1n) is 9.15. The predicted molar refractivity (Wildman–Crippen MR) is 99.9 cm³/mol. The second-order valence-electron chi connectivity index (χ2n) is 7.44. The number of ether oxygens (including phenoxy) is 1. The van der Waals surface area contributed by atoms with E-state index in [0.717, 1.165) is 38.2 Å². The van der Waals surface area contributed by atoms with Gasteiger partial charge >= 0.3 is 0 Å². The van der Waals surface area contributed by atoms with Crippen molar-refractivity contribution >= 4 is 5.91 Å². The predicted octanol–water partition coefficient (Wildman–Crippen LogP) is 2.54. The van der Waals surface area contributed by atoms with Gasteiger partial charge in [-0.2, -0.15) is 0 Å². The Hall–Kier alpha value is -2.40. The lowest BCUT2D eigenvalue weighted by Crippen LogP contribution is -2.37. The molecular weight excluding hydrogens is 326 g/mol. The van der Waals surface area contributed by atoms with Crippen LogP contribution in [0, 0.1) is 5.41 Å². The minimum atomic E-state index is -0.314. The number of likely N-dealkylation sites (tertiary alicyclic amines) is 2. The van der Waals surface area contributed by atoms with E-state index >= 15 is 0 Å². The quantitative estimate of drug-likeness (QED) is 0.849. The largest absolute Gasteiger partial charge is 0.481 e. The third kappa shape index (κ3) is 2.76. The minimum absolute atomic E-state index is 0.252. The molecule has 1 aromatic carbocycles. The van der Waals surface area contributed by atoms with Crippen molar-refractivity contribution in [2.75, 3.05) is 33.8 Å². The first-order valence-corrected chi connectivity index (χ1v) is 9.15. The molecule has 0 saturated carbocycles. The monoisotopic (exact) mass is 351 g/mol. The third-order valence-electron chi connectivity index (χ3n) is 5.92. The number of amides is 1. The van der Waals surface area contributed by atoms with Gasteiger partial charge in [-0.15, -0.1) is 0 Å². The van der Waals surface area contributed by atoms with Gasteiger partial charge in [0.2, 0.25) is 11.8 Å². The van der Waals surface area contributed by atoms with Gasteiger partial charge in [0, 0.05) is 44.4 Å². The van der Waals surface area contributed by atoms with Crippen molar-refractivity contribution < 1.29 is 9.53 Å². The Morgan fingerprint density at radius 3 is 2.81 bits per heavy atom. The zero-order valence-corrected chi connectivity index (χ0v) is 15.4. The second kappa shape index (κ2) is 6.72. The average molecular weight is 351 g/mol. The molecule has 5 nitrogen and oxygen atoms in total. The van der Waals surface area contributed by atoms with E-state index in [0.29, 0.717) is 5.88 Å². The van der Waals surface area contributed by atoms with E-state index in [1.165, 1.54) is 5.56 Å². The molecule has 136 valence electrons. The number of pyridine rings is 1. The summed E-state index contributed by atoms with van der Waals surface area (Å²) >= 11 is 0.